The van der Waals surface area contributed by atoms with Gasteiger partial charge in [-0.1, -0.05) is 13.0 Å². The maximum Gasteiger partial charge on any atom is 0.123 e. The molecule has 0 bridgehead atoms. The van der Waals surface area contributed by atoms with Crippen molar-refractivity contribution in [3.8, 4) is 5.75 Å². The van der Waals surface area contributed by atoms with Gasteiger partial charge in [0.25, 0.3) is 0 Å². The molecule has 2 atom stereocenters. The Morgan fingerprint density at radius 3 is 2.74 bits per heavy atom. The topological polar surface area (TPSA) is 24.5 Å². The summed E-state index contributed by atoms with van der Waals surface area (Å²) in [6, 6.07) is 6.46. The Morgan fingerprint density at radius 2 is 2.16 bits per heavy atom. The van der Waals surface area contributed by atoms with E-state index in [0.29, 0.717) is 0 Å². The standard InChI is InChI=1S/C16H26N2O/c1-12-7-14(12)10-18(3)11-15-8-13(9-17-2)5-6-16(15)19-4/h5-6,8,12,14,17H,7,9-11H2,1-4H3. The summed E-state index contributed by atoms with van der Waals surface area (Å²) in [6.45, 7) is 5.40. The third-order valence-corrected chi connectivity index (χ3v) is 3.99. The SMILES string of the molecule is CNCc1ccc(OC)c(CN(C)CC2CC2C)c1. The average molecular weight is 262 g/mol. The monoisotopic (exact) mass is 262 g/mol. The Labute approximate surface area is 116 Å². The summed E-state index contributed by atoms with van der Waals surface area (Å²) in [6.07, 6.45) is 1.39. The van der Waals surface area contributed by atoms with Crippen LogP contribution in [0.5, 0.6) is 5.75 Å². The van der Waals surface area contributed by atoms with Crippen LogP contribution in [-0.2, 0) is 13.1 Å². The van der Waals surface area contributed by atoms with Crippen LogP contribution in [0.25, 0.3) is 0 Å². The molecule has 1 aromatic rings. The van der Waals surface area contributed by atoms with Crippen LogP contribution in [0.2, 0.25) is 0 Å². The fourth-order valence-electron chi connectivity index (χ4n) is 2.68. The second-order valence-corrected chi connectivity index (χ2v) is 5.85. The second-order valence-electron chi connectivity index (χ2n) is 5.85. The van der Waals surface area contributed by atoms with Crippen LogP contribution in [0.4, 0.5) is 0 Å². The van der Waals surface area contributed by atoms with Crippen molar-refractivity contribution in [1.82, 2.24) is 10.2 Å². The van der Waals surface area contributed by atoms with Gasteiger partial charge in [0.1, 0.15) is 5.75 Å². The highest BCUT2D eigenvalue weighted by Gasteiger charge is 2.33. The van der Waals surface area contributed by atoms with Gasteiger partial charge in [-0.3, -0.25) is 0 Å². The Morgan fingerprint density at radius 1 is 1.42 bits per heavy atom. The number of nitrogens with zero attached hydrogens (tertiary/aromatic N) is 1. The molecule has 0 amide bonds. The molecule has 1 N–H and O–H groups in total. The van der Waals surface area contributed by atoms with E-state index >= 15 is 0 Å². The molecular formula is C16H26N2O. The van der Waals surface area contributed by atoms with Crippen LogP contribution in [0.3, 0.4) is 0 Å². The van der Waals surface area contributed by atoms with E-state index in [2.05, 4.69) is 42.4 Å². The van der Waals surface area contributed by atoms with Gasteiger partial charge < -0.3 is 15.0 Å². The van der Waals surface area contributed by atoms with Gasteiger partial charge in [-0.2, -0.15) is 0 Å². The van der Waals surface area contributed by atoms with Crippen molar-refractivity contribution in [3.63, 3.8) is 0 Å². The van der Waals surface area contributed by atoms with Crippen LogP contribution in [0.1, 0.15) is 24.5 Å². The van der Waals surface area contributed by atoms with Crippen LogP contribution in [-0.4, -0.2) is 32.6 Å². The Balaban J connectivity index is 2.01. The maximum atomic E-state index is 5.47. The van der Waals surface area contributed by atoms with Crippen molar-refractivity contribution in [2.45, 2.75) is 26.4 Å². The van der Waals surface area contributed by atoms with Gasteiger partial charge in [-0.25, -0.2) is 0 Å². The summed E-state index contributed by atoms with van der Waals surface area (Å²) >= 11 is 0. The van der Waals surface area contributed by atoms with E-state index in [0.717, 1.165) is 30.7 Å². The molecule has 1 aliphatic carbocycles. The molecule has 1 saturated carbocycles. The highest BCUT2D eigenvalue weighted by atomic mass is 16.5. The molecule has 0 aromatic heterocycles. The number of methoxy groups -OCH3 is 1. The van der Waals surface area contributed by atoms with Crippen molar-refractivity contribution in [2.24, 2.45) is 11.8 Å². The first kappa shape index (κ1) is 14.4. The smallest absolute Gasteiger partial charge is 0.123 e. The Hall–Kier alpha value is -1.06. The quantitative estimate of drug-likeness (QED) is 0.817. The third kappa shape index (κ3) is 3.95. The van der Waals surface area contributed by atoms with E-state index in [1.807, 2.05) is 7.05 Å². The minimum Gasteiger partial charge on any atom is -0.496 e. The van der Waals surface area contributed by atoms with E-state index in [9.17, 15) is 0 Å². The first-order chi connectivity index (χ1) is 9.13. The Bertz CT molecular complexity index is 419. The molecule has 1 fully saturated rings. The van der Waals surface area contributed by atoms with E-state index in [1.165, 1.54) is 24.1 Å². The van der Waals surface area contributed by atoms with Gasteiger partial charge in [-0.15, -0.1) is 0 Å². The molecule has 0 spiro atoms. The molecule has 3 nitrogen and oxygen atoms in total. The van der Waals surface area contributed by atoms with Gasteiger partial charge in [0.2, 0.25) is 0 Å². The Kier molecular flexibility index (Phi) is 4.83. The van der Waals surface area contributed by atoms with Crippen LogP contribution in [0, 0.1) is 11.8 Å². The van der Waals surface area contributed by atoms with E-state index in [-0.39, 0.29) is 0 Å². The number of hydrogen-bond acceptors (Lipinski definition) is 3. The molecule has 0 radical (unpaired) electrons. The lowest BCUT2D eigenvalue weighted by Crippen LogP contribution is -2.21. The second kappa shape index (κ2) is 6.40. The van der Waals surface area contributed by atoms with Gasteiger partial charge in [0, 0.05) is 25.2 Å². The summed E-state index contributed by atoms with van der Waals surface area (Å²) in [5, 5.41) is 3.20. The predicted octanol–water partition coefficient (Wildman–Crippen LogP) is 2.50. The van der Waals surface area contributed by atoms with Crippen LogP contribution in [0.15, 0.2) is 18.2 Å². The van der Waals surface area contributed by atoms with Crippen molar-refractivity contribution >= 4 is 0 Å². The number of nitrogens with one attached hydrogen (secondary N) is 1. The summed E-state index contributed by atoms with van der Waals surface area (Å²) < 4.78 is 5.47. The van der Waals surface area contributed by atoms with Crippen LogP contribution < -0.4 is 10.1 Å². The first-order valence-electron chi connectivity index (χ1n) is 7.13. The summed E-state index contributed by atoms with van der Waals surface area (Å²) in [5.41, 5.74) is 2.59. The van der Waals surface area contributed by atoms with Crippen molar-refractivity contribution in [1.29, 1.82) is 0 Å². The third-order valence-electron chi connectivity index (χ3n) is 3.99. The molecule has 1 aliphatic rings. The van der Waals surface area contributed by atoms with Gasteiger partial charge in [-0.05, 0) is 50.0 Å². The maximum absolute atomic E-state index is 5.47. The number of hydrogen-bond donors (Lipinski definition) is 1. The van der Waals surface area contributed by atoms with E-state index < -0.39 is 0 Å². The minimum atomic E-state index is 0.900. The fourth-order valence-corrected chi connectivity index (χ4v) is 2.68. The zero-order valence-electron chi connectivity index (χ0n) is 12.6. The highest BCUT2D eigenvalue weighted by molar-refractivity contribution is 5.37. The van der Waals surface area contributed by atoms with Gasteiger partial charge in [0.05, 0.1) is 7.11 Å². The summed E-state index contributed by atoms with van der Waals surface area (Å²) in [4.78, 5) is 2.41. The number of benzene rings is 1. The first-order valence-corrected chi connectivity index (χ1v) is 7.13. The van der Waals surface area contributed by atoms with Crippen molar-refractivity contribution in [2.75, 3.05) is 27.7 Å². The molecule has 1 aromatic carbocycles. The molecule has 106 valence electrons. The van der Waals surface area contributed by atoms with Crippen molar-refractivity contribution < 1.29 is 4.74 Å². The lowest BCUT2D eigenvalue weighted by Gasteiger charge is -2.19. The highest BCUT2D eigenvalue weighted by Crippen LogP contribution is 2.38. The van der Waals surface area contributed by atoms with Gasteiger partial charge in [0.15, 0.2) is 0 Å². The van der Waals surface area contributed by atoms with E-state index in [1.54, 1.807) is 7.11 Å². The van der Waals surface area contributed by atoms with Gasteiger partial charge >= 0.3 is 0 Å². The number of ether oxygens (including phenoxy) is 1. The van der Waals surface area contributed by atoms with Crippen molar-refractivity contribution in [3.05, 3.63) is 29.3 Å². The van der Waals surface area contributed by atoms with E-state index in [4.69, 9.17) is 4.74 Å². The molecule has 2 unspecified atom stereocenters. The molecule has 3 heteroatoms. The zero-order valence-corrected chi connectivity index (χ0v) is 12.6. The zero-order chi connectivity index (χ0) is 13.8. The summed E-state index contributed by atoms with van der Waals surface area (Å²) in [7, 11) is 5.93. The number of rotatable bonds is 7. The molecule has 0 aliphatic heterocycles. The lowest BCUT2D eigenvalue weighted by atomic mass is 10.1. The molecule has 0 saturated heterocycles. The molecule has 19 heavy (non-hydrogen) atoms. The summed E-state index contributed by atoms with van der Waals surface area (Å²) in [5.74, 6) is 2.81. The molecule has 2 rings (SSSR count). The largest absolute Gasteiger partial charge is 0.496 e. The predicted molar refractivity (Wildman–Crippen MR) is 79.4 cm³/mol. The molecule has 0 heterocycles. The minimum absolute atomic E-state index is 0.900. The molecular weight excluding hydrogens is 236 g/mol. The average Bonchev–Trinajstić information content (AvgIpc) is 3.05. The van der Waals surface area contributed by atoms with Crippen LogP contribution >= 0.6 is 0 Å². The lowest BCUT2D eigenvalue weighted by molar-refractivity contribution is 0.300. The fraction of sp³-hybridized carbons (Fsp3) is 0.625. The normalized spacial score (nSPS) is 21.7.